The highest BCUT2D eigenvalue weighted by molar-refractivity contribution is 14.0. The molecule has 1 atom stereocenters. The molecule has 7 nitrogen and oxygen atoms in total. The highest BCUT2D eigenvalue weighted by Crippen LogP contribution is 2.18. The number of anilines is 1. The van der Waals surface area contributed by atoms with Gasteiger partial charge in [-0.25, -0.2) is 4.98 Å². The first-order chi connectivity index (χ1) is 15.2. The lowest BCUT2D eigenvalue weighted by Gasteiger charge is -2.29. The largest absolute Gasteiger partial charge is 0.378 e. The summed E-state index contributed by atoms with van der Waals surface area (Å²) in [6, 6.07) is 15.2. The first-order valence-corrected chi connectivity index (χ1v) is 11.1. The van der Waals surface area contributed by atoms with Crippen LogP contribution >= 0.6 is 24.0 Å². The number of rotatable bonds is 9. The summed E-state index contributed by atoms with van der Waals surface area (Å²) in [5, 5.41) is 6.88. The molecule has 8 heteroatoms. The van der Waals surface area contributed by atoms with Crippen LogP contribution in [0.2, 0.25) is 0 Å². The van der Waals surface area contributed by atoms with Crippen LogP contribution in [0.1, 0.15) is 24.5 Å². The molecule has 3 rings (SSSR count). The number of benzene rings is 1. The van der Waals surface area contributed by atoms with Gasteiger partial charge in [0, 0.05) is 57.6 Å². The molecule has 0 amide bonds. The van der Waals surface area contributed by atoms with Crippen molar-refractivity contribution in [2.45, 2.75) is 32.5 Å². The SMILES string of the molecule is CN=C(NCCC(C)N(C)Cc1ccccc1)NCc1cccnc1N1CCOCC1.I. The van der Waals surface area contributed by atoms with Crippen LogP contribution in [0.4, 0.5) is 5.82 Å². The molecule has 1 fully saturated rings. The zero-order chi connectivity index (χ0) is 21.9. The molecule has 1 aromatic heterocycles. The van der Waals surface area contributed by atoms with Gasteiger partial charge >= 0.3 is 0 Å². The van der Waals surface area contributed by atoms with Gasteiger partial charge in [-0.15, -0.1) is 24.0 Å². The monoisotopic (exact) mass is 552 g/mol. The number of halogens is 1. The van der Waals surface area contributed by atoms with Gasteiger partial charge in [0.2, 0.25) is 0 Å². The number of hydrogen-bond acceptors (Lipinski definition) is 5. The number of nitrogens with one attached hydrogen (secondary N) is 2. The zero-order valence-corrected chi connectivity index (χ0v) is 21.8. The summed E-state index contributed by atoms with van der Waals surface area (Å²) in [7, 11) is 3.99. The second kappa shape index (κ2) is 14.3. The molecule has 1 aliphatic rings. The van der Waals surface area contributed by atoms with Crippen molar-refractivity contribution in [3.8, 4) is 0 Å². The molecule has 2 N–H and O–H groups in total. The standard InChI is InChI=1S/C24H36N6O.HI/c1-20(29(3)19-21-8-5-4-6-9-21)11-13-27-24(25-2)28-18-22-10-7-12-26-23(22)30-14-16-31-17-15-30;/h4-10,12,20H,11,13-19H2,1-3H3,(H2,25,27,28);1H. The summed E-state index contributed by atoms with van der Waals surface area (Å²) in [4.78, 5) is 13.7. The molecule has 32 heavy (non-hydrogen) atoms. The molecule has 0 radical (unpaired) electrons. The molecule has 0 bridgehead atoms. The first-order valence-electron chi connectivity index (χ1n) is 11.1. The lowest BCUT2D eigenvalue weighted by molar-refractivity contribution is 0.122. The van der Waals surface area contributed by atoms with Crippen LogP contribution in [-0.2, 0) is 17.8 Å². The second-order valence-electron chi connectivity index (χ2n) is 7.98. The maximum absolute atomic E-state index is 5.47. The van der Waals surface area contributed by atoms with Gasteiger partial charge in [-0.05, 0) is 32.0 Å². The van der Waals surface area contributed by atoms with Crippen LogP contribution in [0.15, 0.2) is 53.7 Å². The normalized spacial score (nSPS) is 15.2. The number of aromatic nitrogens is 1. The third kappa shape index (κ3) is 8.22. The zero-order valence-electron chi connectivity index (χ0n) is 19.5. The van der Waals surface area contributed by atoms with Crippen LogP contribution in [0.25, 0.3) is 0 Å². The lowest BCUT2D eigenvalue weighted by atomic mass is 10.1. The maximum Gasteiger partial charge on any atom is 0.191 e. The van der Waals surface area contributed by atoms with Crippen molar-refractivity contribution in [2.24, 2.45) is 4.99 Å². The Hall–Kier alpha value is -1.91. The van der Waals surface area contributed by atoms with Crippen molar-refractivity contribution in [1.29, 1.82) is 0 Å². The van der Waals surface area contributed by atoms with Crippen LogP contribution in [0.5, 0.6) is 0 Å². The Morgan fingerprint density at radius 1 is 1.16 bits per heavy atom. The van der Waals surface area contributed by atoms with Gasteiger partial charge in [0.25, 0.3) is 0 Å². The Kier molecular flexibility index (Phi) is 11.8. The third-order valence-electron chi connectivity index (χ3n) is 5.73. The molecule has 2 heterocycles. The van der Waals surface area contributed by atoms with E-state index in [9.17, 15) is 0 Å². The third-order valence-corrected chi connectivity index (χ3v) is 5.73. The van der Waals surface area contributed by atoms with E-state index >= 15 is 0 Å². The van der Waals surface area contributed by atoms with Gasteiger partial charge in [-0.1, -0.05) is 36.4 Å². The topological polar surface area (TPSA) is 65.0 Å². The van der Waals surface area contributed by atoms with E-state index in [4.69, 9.17) is 4.74 Å². The molecule has 0 saturated carbocycles. The Bertz CT molecular complexity index is 813. The number of aliphatic imine (C=N–C) groups is 1. The van der Waals surface area contributed by atoms with Crippen LogP contribution in [0, 0.1) is 0 Å². The minimum Gasteiger partial charge on any atom is -0.378 e. The summed E-state index contributed by atoms with van der Waals surface area (Å²) in [6.45, 7) is 8.04. The van der Waals surface area contributed by atoms with Gasteiger partial charge in [-0.2, -0.15) is 0 Å². The summed E-state index contributed by atoms with van der Waals surface area (Å²) in [5.41, 5.74) is 2.51. The minimum absolute atomic E-state index is 0. The summed E-state index contributed by atoms with van der Waals surface area (Å²) in [5.74, 6) is 1.85. The van der Waals surface area contributed by atoms with E-state index in [1.54, 1.807) is 0 Å². The van der Waals surface area contributed by atoms with Gasteiger partial charge in [0.1, 0.15) is 5.82 Å². The van der Waals surface area contributed by atoms with E-state index in [1.165, 1.54) is 11.1 Å². The van der Waals surface area contributed by atoms with Crippen molar-refractivity contribution < 1.29 is 4.74 Å². The predicted molar refractivity (Wildman–Crippen MR) is 143 cm³/mol. The molecular formula is C24H37IN6O. The summed E-state index contributed by atoms with van der Waals surface area (Å²) < 4.78 is 5.47. The Balaban J connectivity index is 0.00000363. The average molecular weight is 553 g/mol. The number of ether oxygens (including phenoxy) is 1. The first kappa shape index (κ1) is 26.3. The smallest absolute Gasteiger partial charge is 0.191 e. The number of hydrogen-bond donors (Lipinski definition) is 2. The van der Waals surface area contributed by atoms with Gasteiger partial charge in [0.15, 0.2) is 5.96 Å². The fraction of sp³-hybridized carbons (Fsp3) is 0.500. The van der Waals surface area contributed by atoms with Crippen molar-refractivity contribution in [2.75, 3.05) is 51.8 Å². The molecule has 0 aliphatic carbocycles. The van der Waals surface area contributed by atoms with E-state index in [2.05, 4.69) is 80.8 Å². The average Bonchev–Trinajstić information content (AvgIpc) is 2.82. The van der Waals surface area contributed by atoms with E-state index < -0.39 is 0 Å². The molecule has 1 aromatic carbocycles. The van der Waals surface area contributed by atoms with Crippen LogP contribution in [-0.4, -0.2) is 68.8 Å². The molecular weight excluding hydrogens is 515 g/mol. The van der Waals surface area contributed by atoms with Crippen molar-refractivity contribution in [3.63, 3.8) is 0 Å². The van der Waals surface area contributed by atoms with Crippen molar-refractivity contribution in [3.05, 3.63) is 59.8 Å². The molecule has 2 aromatic rings. The second-order valence-corrected chi connectivity index (χ2v) is 7.98. The maximum atomic E-state index is 5.47. The van der Waals surface area contributed by atoms with Crippen LogP contribution < -0.4 is 15.5 Å². The summed E-state index contributed by atoms with van der Waals surface area (Å²) >= 11 is 0. The Morgan fingerprint density at radius 2 is 1.91 bits per heavy atom. The van der Waals surface area contributed by atoms with Gasteiger partial charge < -0.3 is 20.3 Å². The Morgan fingerprint density at radius 3 is 2.62 bits per heavy atom. The van der Waals surface area contributed by atoms with Gasteiger partial charge in [0.05, 0.1) is 13.2 Å². The van der Waals surface area contributed by atoms with Gasteiger partial charge in [-0.3, -0.25) is 9.89 Å². The molecule has 1 aliphatic heterocycles. The lowest BCUT2D eigenvalue weighted by Crippen LogP contribution is -2.40. The minimum atomic E-state index is 0. The Labute approximate surface area is 209 Å². The molecule has 0 spiro atoms. The highest BCUT2D eigenvalue weighted by Gasteiger charge is 2.16. The highest BCUT2D eigenvalue weighted by atomic mass is 127. The fourth-order valence-corrected chi connectivity index (χ4v) is 3.67. The molecule has 176 valence electrons. The number of pyridine rings is 1. The number of morpholine rings is 1. The van der Waals surface area contributed by atoms with E-state index in [1.807, 2.05) is 19.3 Å². The summed E-state index contributed by atoms with van der Waals surface area (Å²) in [6.07, 6.45) is 2.89. The number of guanidine groups is 1. The predicted octanol–water partition coefficient (Wildman–Crippen LogP) is 3.11. The van der Waals surface area contributed by atoms with E-state index in [0.29, 0.717) is 12.6 Å². The van der Waals surface area contributed by atoms with Crippen LogP contribution in [0.3, 0.4) is 0 Å². The van der Waals surface area contributed by atoms with Crippen molar-refractivity contribution in [1.82, 2.24) is 20.5 Å². The van der Waals surface area contributed by atoms with E-state index in [0.717, 1.165) is 57.6 Å². The van der Waals surface area contributed by atoms with E-state index in [-0.39, 0.29) is 24.0 Å². The van der Waals surface area contributed by atoms with Crippen molar-refractivity contribution >= 4 is 35.8 Å². The fourth-order valence-electron chi connectivity index (χ4n) is 3.67. The number of nitrogens with zero attached hydrogens (tertiary/aromatic N) is 4. The molecule has 1 saturated heterocycles. The quantitative estimate of drug-likeness (QED) is 0.283. The molecule has 1 unspecified atom stereocenters.